The first-order valence-corrected chi connectivity index (χ1v) is 7.18. The molecule has 0 atom stereocenters. The van der Waals surface area contributed by atoms with Crippen LogP contribution in [-0.2, 0) is 4.79 Å². The molecule has 0 heterocycles. The monoisotopic (exact) mass is 367 g/mol. The molecule has 0 aliphatic carbocycles. The van der Waals surface area contributed by atoms with Gasteiger partial charge in [0.05, 0.1) is 5.56 Å². The first-order chi connectivity index (χ1) is 10.1. The molecule has 0 saturated carbocycles. The molecule has 2 aromatic rings. The average molecular weight is 369 g/mol. The van der Waals surface area contributed by atoms with Gasteiger partial charge >= 0.3 is 0 Å². The van der Waals surface area contributed by atoms with Crippen LogP contribution < -0.4 is 10.1 Å². The Kier molecular flexibility index (Phi) is 5.36. The van der Waals surface area contributed by atoms with Crippen molar-refractivity contribution in [3.05, 3.63) is 57.5 Å². The first-order valence-electron chi connectivity index (χ1n) is 6.01. The topological polar surface area (TPSA) is 55.4 Å². The van der Waals surface area contributed by atoms with E-state index in [1.54, 1.807) is 42.5 Å². The van der Waals surface area contributed by atoms with Crippen molar-refractivity contribution in [2.24, 2.45) is 0 Å². The highest BCUT2D eigenvalue weighted by Crippen LogP contribution is 2.21. The van der Waals surface area contributed by atoms with Gasteiger partial charge in [-0.25, -0.2) is 0 Å². The number of benzene rings is 2. The van der Waals surface area contributed by atoms with Crippen molar-refractivity contribution in [1.82, 2.24) is 0 Å². The molecule has 0 aliphatic rings. The molecule has 1 N–H and O–H groups in total. The summed E-state index contributed by atoms with van der Waals surface area (Å²) >= 11 is 9.09. The number of carbonyl (C=O) groups is 2. The SMILES string of the molecule is O=Cc1cc(Br)ccc1OCC(=O)Nc1cccc(Cl)c1. The summed E-state index contributed by atoms with van der Waals surface area (Å²) in [5.74, 6) is 0.0199. The molecule has 4 nitrogen and oxygen atoms in total. The zero-order chi connectivity index (χ0) is 15.2. The number of nitrogens with one attached hydrogen (secondary N) is 1. The Morgan fingerprint density at radius 3 is 2.81 bits per heavy atom. The average Bonchev–Trinajstić information content (AvgIpc) is 2.45. The van der Waals surface area contributed by atoms with E-state index in [1.807, 2.05) is 0 Å². The van der Waals surface area contributed by atoms with Crippen LogP contribution >= 0.6 is 27.5 Å². The maximum atomic E-state index is 11.8. The minimum Gasteiger partial charge on any atom is -0.483 e. The van der Waals surface area contributed by atoms with Gasteiger partial charge < -0.3 is 10.1 Å². The van der Waals surface area contributed by atoms with E-state index >= 15 is 0 Å². The molecule has 2 aromatic carbocycles. The summed E-state index contributed by atoms with van der Waals surface area (Å²) in [5, 5.41) is 3.19. The molecule has 0 fully saturated rings. The molecule has 0 unspecified atom stereocenters. The molecular weight excluding hydrogens is 358 g/mol. The summed E-state index contributed by atoms with van der Waals surface area (Å²) in [5.41, 5.74) is 0.961. The van der Waals surface area contributed by atoms with Gasteiger partial charge in [-0.05, 0) is 36.4 Å². The lowest BCUT2D eigenvalue weighted by Crippen LogP contribution is -2.20. The molecule has 1 amide bonds. The van der Waals surface area contributed by atoms with Crippen molar-refractivity contribution in [2.75, 3.05) is 11.9 Å². The van der Waals surface area contributed by atoms with Gasteiger partial charge in [0.15, 0.2) is 12.9 Å². The second-order valence-electron chi connectivity index (χ2n) is 4.15. The van der Waals surface area contributed by atoms with Crippen LogP contribution in [0.3, 0.4) is 0 Å². The van der Waals surface area contributed by atoms with E-state index in [9.17, 15) is 9.59 Å². The van der Waals surface area contributed by atoms with Crippen LogP contribution in [0.25, 0.3) is 0 Å². The molecular formula is C15H11BrClNO3. The van der Waals surface area contributed by atoms with Gasteiger partial charge in [-0.3, -0.25) is 9.59 Å². The molecule has 0 spiro atoms. The number of hydrogen-bond acceptors (Lipinski definition) is 3. The zero-order valence-electron chi connectivity index (χ0n) is 10.8. The number of rotatable bonds is 5. The molecule has 6 heteroatoms. The summed E-state index contributed by atoms with van der Waals surface area (Å²) in [4.78, 5) is 22.7. The normalized spacial score (nSPS) is 10.0. The third kappa shape index (κ3) is 4.58. The van der Waals surface area contributed by atoms with Crippen molar-refractivity contribution < 1.29 is 14.3 Å². The number of halogens is 2. The van der Waals surface area contributed by atoms with Crippen LogP contribution in [0.5, 0.6) is 5.75 Å². The minimum atomic E-state index is -0.336. The second-order valence-corrected chi connectivity index (χ2v) is 5.50. The molecule has 0 radical (unpaired) electrons. The lowest BCUT2D eigenvalue weighted by Gasteiger charge is -2.09. The van der Waals surface area contributed by atoms with E-state index in [2.05, 4.69) is 21.2 Å². The van der Waals surface area contributed by atoms with Crippen molar-refractivity contribution in [1.29, 1.82) is 0 Å². The highest BCUT2D eigenvalue weighted by atomic mass is 79.9. The van der Waals surface area contributed by atoms with E-state index in [0.29, 0.717) is 28.3 Å². The Hall–Kier alpha value is -1.85. The second kappa shape index (κ2) is 7.24. The van der Waals surface area contributed by atoms with Gasteiger partial charge in [0, 0.05) is 15.2 Å². The fourth-order valence-corrected chi connectivity index (χ4v) is 2.22. The minimum absolute atomic E-state index is 0.199. The summed E-state index contributed by atoms with van der Waals surface area (Å²) in [6, 6.07) is 11.8. The fraction of sp³-hybridized carbons (Fsp3) is 0.0667. The van der Waals surface area contributed by atoms with Crippen LogP contribution in [-0.4, -0.2) is 18.8 Å². The zero-order valence-corrected chi connectivity index (χ0v) is 13.1. The van der Waals surface area contributed by atoms with Crippen LogP contribution in [0.15, 0.2) is 46.9 Å². The van der Waals surface area contributed by atoms with Crippen molar-refractivity contribution in [3.63, 3.8) is 0 Å². The number of anilines is 1. The molecule has 108 valence electrons. The molecule has 0 bridgehead atoms. The summed E-state index contributed by atoms with van der Waals surface area (Å²) in [6.07, 6.45) is 0.676. The van der Waals surface area contributed by atoms with E-state index in [1.165, 1.54) is 0 Å². The lowest BCUT2D eigenvalue weighted by molar-refractivity contribution is -0.118. The largest absolute Gasteiger partial charge is 0.483 e. The number of hydrogen-bond donors (Lipinski definition) is 1. The molecule has 0 aromatic heterocycles. The predicted octanol–water partition coefficient (Wildman–Crippen LogP) is 3.93. The van der Waals surface area contributed by atoms with Gasteiger partial charge in [0.2, 0.25) is 0 Å². The first kappa shape index (κ1) is 15.5. The van der Waals surface area contributed by atoms with Gasteiger partial charge in [-0.1, -0.05) is 33.6 Å². The third-order valence-electron chi connectivity index (χ3n) is 2.57. The van der Waals surface area contributed by atoms with Crippen LogP contribution in [0.4, 0.5) is 5.69 Å². The Morgan fingerprint density at radius 2 is 2.10 bits per heavy atom. The predicted molar refractivity (Wildman–Crippen MR) is 85.1 cm³/mol. The van der Waals surface area contributed by atoms with Crippen molar-refractivity contribution in [2.45, 2.75) is 0 Å². The van der Waals surface area contributed by atoms with Crippen molar-refractivity contribution >= 4 is 45.4 Å². The van der Waals surface area contributed by atoms with Gasteiger partial charge in [-0.15, -0.1) is 0 Å². The van der Waals surface area contributed by atoms with Gasteiger partial charge in [0.25, 0.3) is 5.91 Å². The molecule has 0 saturated heterocycles. The molecule has 0 aliphatic heterocycles. The van der Waals surface area contributed by atoms with E-state index in [4.69, 9.17) is 16.3 Å². The highest BCUT2D eigenvalue weighted by molar-refractivity contribution is 9.10. The van der Waals surface area contributed by atoms with Crippen LogP contribution in [0.1, 0.15) is 10.4 Å². The Labute approximate surface area is 135 Å². The van der Waals surface area contributed by atoms with Gasteiger partial charge in [-0.2, -0.15) is 0 Å². The lowest BCUT2D eigenvalue weighted by atomic mass is 10.2. The van der Waals surface area contributed by atoms with E-state index in [0.717, 1.165) is 4.47 Å². The standard InChI is InChI=1S/C15H11BrClNO3/c16-11-4-5-14(10(6-11)8-19)21-9-15(20)18-13-3-1-2-12(17)7-13/h1-8H,9H2,(H,18,20). The number of carbonyl (C=O) groups excluding carboxylic acids is 2. The Balaban J connectivity index is 1.97. The van der Waals surface area contributed by atoms with E-state index in [-0.39, 0.29) is 12.5 Å². The molecule has 2 rings (SSSR count). The highest BCUT2D eigenvalue weighted by Gasteiger charge is 2.08. The summed E-state index contributed by atoms with van der Waals surface area (Å²) < 4.78 is 6.11. The van der Waals surface area contributed by atoms with Crippen LogP contribution in [0, 0.1) is 0 Å². The quantitative estimate of drug-likeness (QED) is 0.814. The number of amides is 1. The number of ether oxygens (including phenoxy) is 1. The molecule has 21 heavy (non-hydrogen) atoms. The fourth-order valence-electron chi connectivity index (χ4n) is 1.65. The van der Waals surface area contributed by atoms with Crippen molar-refractivity contribution in [3.8, 4) is 5.75 Å². The third-order valence-corrected chi connectivity index (χ3v) is 3.29. The van der Waals surface area contributed by atoms with Crippen LogP contribution in [0.2, 0.25) is 5.02 Å². The Bertz CT molecular complexity index is 676. The smallest absolute Gasteiger partial charge is 0.262 e. The Morgan fingerprint density at radius 1 is 1.29 bits per heavy atom. The number of aldehydes is 1. The van der Waals surface area contributed by atoms with E-state index < -0.39 is 0 Å². The van der Waals surface area contributed by atoms with Gasteiger partial charge in [0.1, 0.15) is 5.75 Å². The summed E-state index contributed by atoms with van der Waals surface area (Å²) in [7, 11) is 0. The maximum Gasteiger partial charge on any atom is 0.262 e. The maximum absolute atomic E-state index is 11.8. The summed E-state index contributed by atoms with van der Waals surface area (Å²) in [6.45, 7) is -0.199.